The zero-order chi connectivity index (χ0) is 17.4. The normalized spacial score (nSPS) is 18.0. The minimum atomic E-state index is 0.140. The monoisotopic (exact) mass is 354 g/mol. The van der Waals surface area contributed by atoms with Crippen LogP contribution in [0.1, 0.15) is 27.9 Å². The maximum absolute atomic E-state index is 12.9. The molecule has 1 amide bonds. The lowest BCUT2D eigenvalue weighted by Crippen LogP contribution is -2.52. The topological polar surface area (TPSA) is 50.2 Å². The number of carbonyl (C=O) groups excluding carboxylic acids is 1. The molecular weight excluding hydrogens is 332 g/mol. The Morgan fingerprint density at radius 1 is 1.36 bits per heavy atom. The van der Waals surface area contributed by atoms with Crippen LogP contribution in [0.5, 0.6) is 0 Å². The molecule has 1 fully saturated rings. The number of piperazine rings is 1. The molecule has 0 aliphatic carbocycles. The van der Waals surface area contributed by atoms with E-state index < -0.39 is 0 Å². The van der Waals surface area contributed by atoms with Crippen molar-refractivity contribution in [1.29, 1.82) is 0 Å². The standard InChI is InChI=1S/C19H22N4OS/c1-13-11-20-8-9-22(13)18(24)17-10-16-14(2)21-23(19(16)25-17)12-15-6-4-3-5-7-15/h3-7,10,13,20H,8-9,11-12H2,1-2H3/t13-/m0/s1. The van der Waals surface area contributed by atoms with E-state index in [4.69, 9.17) is 0 Å². The van der Waals surface area contributed by atoms with Crippen LogP contribution in [0, 0.1) is 6.92 Å². The van der Waals surface area contributed by atoms with E-state index in [0.29, 0.717) is 0 Å². The molecule has 1 aliphatic heterocycles. The Morgan fingerprint density at radius 2 is 2.16 bits per heavy atom. The first kappa shape index (κ1) is 16.3. The molecule has 1 aliphatic rings. The highest BCUT2D eigenvalue weighted by Crippen LogP contribution is 2.30. The van der Waals surface area contributed by atoms with E-state index in [1.165, 1.54) is 5.56 Å². The summed E-state index contributed by atoms with van der Waals surface area (Å²) in [6, 6.07) is 12.5. The molecule has 2 aromatic heterocycles. The van der Waals surface area contributed by atoms with E-state index in [9.17, 15) is 4.79 Å². The number of thiophene rings is 1. The third-order valence-electron chi connectivity index (χ3n) is 4.76. The van der Waals surface area contributed by atoms with Gasteiger partial charge in [-0.3, -0.25) is 9.48 Å². The first-order valence-corrected chi connectivity index (χ1v) is 9.47. The lowest BCUT2D eigenvalue weighted by Gasteiger charge is -2.33. The van der Waals surface area contributed by atoms with Gasteiger partial charge in [-0.05, 0) is 25.5 Å². The molecule has 0 saturated carbocycles. The Balaban J connectivity index is 1.66. The molecular formula is C19H22N4OS. The van der Waals surface area contributed by atoms with Crippen molar-refractivity contribution in [2.24, 2.45) is 0 Å². The Kier molecular flexibility index (Phi) is 4.31. The van der Waals surface area contributed by atoms with Gasteiger partial charge in [0.15, 0.2) is 0 Å². The zero-order valence-electron chi connectivity index (χ0n) is 14.5. The molecule has 1 saturated heterocycles. The van der Waals surface area contributed by atoms with Gasteiger partial charge >= 0.3 is 0 Å². The van der Waals surface area contributed by atoms with Crippen LogP contribution in [0.15, 0.2) is 36.4 Å². The van der Waals surface area contributed by atoms with Crippen LogP contribution in [0.4, 0.5) is 0 Å². The van der Waals surface area contributed by atoms with Crippen molar-refractivity contribution in [2.45, 2.75) is 26.4 Å². The number of carbonyl (C=O) groups is 1. The number of benzene rings is 1. The molecule has 1 aromatic carbocycles. The second kappa shape index (κ2) is 6.61. The maximum Gasteiger partial charge on any atom is 0.264 e. The van der Waals surface area contributed by atoms with Crippen LogP contribution < -0.4 is 5.32 Å². The van der Waals surface area contributed by atoms with Crippen molar-refractivity contribution < 1.29 is 4.79 Å². The minimum Gasteiger partial charge on any atom is -0.333 e. The van der Waals surface area contributed by atoms with Gasteiger partial charge in [0.05, 0.1) is 17.1 Å². The average Bonchev–Trinajstić information content (AvgIpc) is 3.18. The highest BCUT2D eigenvalue weighted by molar-refractivity contribution is 7.20. The summed E-state index contributed by atoms with van der Waals surface area (Å²) >= 11 is 1.56. The SMILES string of the molecule is Cc1nn(Cc2ccccc2)c2sc(C(=O)N3CCNC[C@@H]3C)cc12. The van der Waals surface area contributed by atoms with E-state index in [1.807, 2.05) is 40.8 Å². The second-order valence-corrected chi connectivity index (χ2v) is 7.64. The molecule has 3 heterocycles. The summed E-state index contributed by atoms with van der Waals surface area (Å²) in [6.07, 6.45) is 0. The summed E-state index contributed by atoms with van der Waals surface area (Å²) in [7, 11) is 0. The molecule has 0 bridgehead atoms. The molecule has 5 nitrogen and oxygen atoms in total. The zero-order valence-corrected chi connectivity index (χ0v) is 15.3. The van der Waals surface area contributed by atoms with Gasteiger partial charge < -0.3 is 10.2 Å². The van der Waals surface area contributed by atoms with Crippen LogP contribution in [-0.2, 0) is 6.54 Å². The number of aryl methyl sites for hydroxylation is 1. The maximum atomic E-state index is 12.9. The van der Waals surface area contributed by atoms with Crippen molar-refractivity contribution in [3.05, 3.63) is 52.5 Å². The van der Waals surface area contributed by atoms with Gasteiger partial charge in [-0.15, -0.1) is 11.3 Å². The first-order chi connectivity index (χ1) is 12.1. The predicted molar refractivity (Wildman–Crippen MR) is 101 cm³/mol. The van der Waals surface area contributed by atoms with Gasteiger partial charge in [0.1, 0.15) is 4.83 Å². The van der Waals surface area contributed by atoms with Gasteiger partial charge in [-0.1, -0.05) is 30.3 Å². The molecule has 0 unspecified atom stereocenters. The second-order valence-electron chi connectivity index (χ2n) is 6.61. The van der Waals surface area contributed by atoms with Crippen molar-refractivity contribution in [2.75, 3.05) is 19.6 Å². The number of rotatable bonds is 3. The largest absolute Gasteiger partial charge is 0.333 e. The summed E-state index contributed by atoms with van der Waals surface area (Å²) in [5.74, 6) is 0.140. The predicted octanol–water partition coefficient (Wildman–Crippen LogP) is 2.89. The average molecular weight is 354 g/mol. The third-order valence-corrected chi connectivity index (χ3v) is 5.89. The molecule has 130 valence electrons. The molecule has 1 N–H and O–H groups in total. The molecule has 3 aromatic rings. The Bertz CT molecular complexity index is 899. The number of nitrogens with zero attached hydrogens (tertiary/aromatic N) is 3. The van der Waals surface area contributed by atoms with Gasteiger partial charge in [-0.25, -0.2) is 0 Å². The molecule has 25 heavy (non-hydrogen) atoms. The molecule has 1 atom stereocenters. The third kappa shape index (κ3) is 3.07. The minimum absolute atomic E-state index is 0.140. The van der Waals surface area contributed by atoms with Crippen LogP contribution in [0.25, 0.3) is 10.2 Å². The van der Waals surface area contributed by atoms with E-state index in [1.54, 1.807) is 11.3 Å². The number of nitrogens with one attached hydrogen (secondary N) is 1. The van der Waals surface area contributed by atoms with Crippen molar-refractivity contribution in [3.63, 3.8) is 0 Å². The summed E-state index contributed by atoms with van der Waals surface area (Å²) < 4.78 is 2.02. The van der Waals surface area contributed by atoms with Crippen LogP contribution >= 0.6 is 11.3 Å². The van der Waals surface area contributed by atoms with Crippen molar-refractivity contribution in [3.8, 4) is 0 Å². The number of hydrogen-bond acceptors (Lipinski definition) is 4. The van der Waals surface area contributed by atoms with Gasteiger partial charge in [0.25, 0.3) is 5.91 Å². The summed E-state index contributed by atoms with van der Waals surface area (Å²) in [6.45, 7) is 7.32. The van der Waals surface area contributed by atoms with Crippen LogP contribution in [0.2, 0.25) is 0 Å². The Morgan fingerprint density at radius 3 is 2.92 bits per heavy atom. The van der Waals surface area contributed by atoms with E-state index in [-0.39, 0.29) is 11.9 Å². The fourth-order valence-electron chi connectivity index (χ4n) is 3.37. The van der Waals surface area contributed by atoms with E-state index in [2.05, 4.69) is 29.5 Å². The molecule has 0 spiro atoms. The summed E-state index contributed by atoms with van der Waals surface area (Å²) in [5.41, 5.74) is 2.19. The lowest BCUT2D eigenvalue weighted by molar-refractivity contribution is 0.0661. The fraction of sp³-hybridized carbons (Fsp3) is 0.368. The Labute approximate surface area is 151 Å². The quantitative estimate of drug-likeness (QED) is 0.787. The van der Waals surface area contributed by atoms with Gasteiger partial charge in [-0.2, -0.15) is 5.10 Å². The highest BCUT2D eigenvalue weighted by Gasteiger charge is 2.26. The van der Waals surface area contributed by atoms with Crippen molar-refractivity contribution in [1.82, 2.24) is 20.0 Å². The summed E-state index contributed by atoms with van der Waals surface area (Å²) in [5, 5.41) is 9.09. The molecule has 0 radical (unpaired) electrons. The smallest absolute Gasteiger partial charge is 0.264 e. The fourth-order valence-corrected chi connectivity index (χ4v) is 4.48. The Hall–Kier alpha value is -2.18. The first-order valence-electron chi connectivity index (χ1n) is 8.66. The number of aromatic nitrogens is 2. The van der Waals surface area contributed by atoms with E-state index in [0.717, 1.165) is 47.0 Å². The number of fused-ring (bicyclic) bond motifs is 1. The van der Waals surface area contributed by atoms with Crippen molar-refractivity contribution >= 4 is 27.5 Å². The number of hydrogen-bond donors (Lipinski definition) is 1. The lowest BCUT2D eigenvalue weighted by atomic mass is 10.2. The molecule has 6 heteroatoms. The highest BCUT2D eigenvalue weighted by atomic mass is 32.1. The molecule has 4 rings (SSSR count). The summed E-state index contributed by atoms with van der Waals surface area (Å²) in [4.78, 5) is 16.8. The van der Waals surface area contributed by atoms with Crippen LogP contribution in [0.3, 0.4) is 0 Å². The van der Waals surface area contributed by atoms with Gasteiger partial charge in [0, 0.05) is 31.1 Å². The number of amides is 1. The van der Waals surface area contributed by atoms with Gasteiger partial charge in [0.2, 0.25) is 0 Å². The van der Waals surface area contributed by atoms with Crippen LogP contribution in [-0.4, -0.2) is 46.3 Å². The van der Waals surface area contributed by atoms with E-state index >= 15 is 0 Å².